The molecule has 1 aromatic carbocycles. The highest BCUT2D eigenvalue weighted by atomic mass is 16.5. The molecule has 1 aliphatic carbocycles. The molecule has 28 heavy (non-hydrogen) atoms. The van der Waals surface area contributed by atoms with Gasteiger partial charge in [-0.15, -0.1) is 0 Å². The molecule has 0 unspecified atom stereocenters. The largest absolute Gasteiger partial charge is 0.459 e. The van der Waals surface area contributed by atoms with Gasteiger partial charge in [0.1, 0.15) is 6.10 Å². The fourth-order valence-corrected chi connectivity index (χ4v) is 3.54. The van der Waals surface area contributed by atoms with E-state index in [1.165, 1.54) is 0 Å². The van der Waals surface area contributed by atoms with Gasteiger partial charge in [-0.25, -0.2) is 14.8 Å². The molecule has 0 N–H and O–H groups in total. The summed E-state index contributed by atoms with van der Waals surface area (Å²) in [6.45, 7) is 4.93. The molecule has 1 aromatic heterocycles. The van der Waals surface area contributed by atoms with Gasteiger partial charge in [-0.05, 0) is 63.1 Å². The Morgan fingerprint density at radius 3 is 2.25 bits per heavy atom. The average Bonchev–Trinajstić information content (AvgIpc) is 2.74. The molecule has 0 bridgehead atoms. The van der Waals surface area contributed by atoms with Gasteiger partial charge in [-0.2, -0.15) is 0 Å². The van der Waals surface area contributed by atoms with Crippen molar-refractivity contribution < 1.29 is 14.3 Å². The zero-order valence-corrected chi connectivity index (χ0v) is 16.9. The van der Waals surface area contributed by atoms with Gasteiger partial charge < -0.3 is 9.47 Å². The van der Waals surface area contributed by atoms with E-state index in [2.05, 4.69) is 16.9 Å². The first-order valence-corrected chi connectivity index (χ1v) is 10.4. The van der Waals surface area contributed by atoms with Crippen LogP contribution >= 0.6 is 0 Å². The number of aryl methyl sites for hydroxylation is 1. The second kappa shape index (κ2) is 10.3. The topological polar surface area (TPSA) is 61.3 Å². The summed E-state index contributed by atoms with van der Waals surface area (Å²) in [5.41, 5.74) is 2.62. The van der Waals surface area contributed by atoms with Crippen LogP contribution in [0.25, 0.3) is 11.4 Å². The van der Waals surface area contributed by atoms with E-state index < -0.39 is 0 Å². The lowest BCUT2D eigenvalue weighted by Gasteiger charge is -2.28. The number of unbranched alkanes of at least 4 members (excludes halogenated alkanes) is 1. The summed E-state index contributed by atoms with van der Waals surface area (Å²) in [4.78, 5) is 21.3. The van der Waals surface area contributed by atoms with Crippen LogP contribution in [0, 0.1) is 0 Å². The van der Waals surface area contributed by atoms with E-state index in [9.17, 15) is 4.79 Å². The highest BCUT2D eigenvalue weighted by Gasteiger charge is 2.24. The van der Waals surface area contributed by atoms with Gasteiger partial charge in [0.2, 0.25) is 0 Å². The monoisotopic (exact) mass is 382 g/mol. The third-order valence-electron chi connectivity index (χ3n) is 5.20. The molecule has 1 fully saturated rings. The molecule has 0 amide bonds. The smallest absolute Gasteiger partial charge is 0.338 e. The van der Waals surface area contributed by atoms with Crippen molar-refractivity contribution in [2.75, 3.05) is 6.61 Å². The molecule has 1 saturated carbocycles. The van der Waals surface area contributed by atoms with E-state index in [1.54, 1.807) is 12.1 Å². The second-order valence-corrected chi connectivity index (χ2v) is 7.36. The van der Waals surface area contributed by atoms with Crippen LogP contribution in [0.15, 0.2) is 36.7 Å². The molecule has 1 aliphatic rings. The number of benzene rings is 1. The Kier molecular flexibility index (Phi) is 7.54. The Morgan fingerprint density at radius 1 is 1.00 bits per heavy atom. The lowest BCUT2D eigenvalue weighted by atomic mass is 9.95. The molecule has 0 spiro atoms. The quantitative estimate of drug-likeness (QED) is 0.602. The van der Waals surface area contributed by atoms with Crippen molar-refractivity contribution in [1.29, 1.82) is 0 Å². The second-order valence-electron chi connectivity index (χ2n) is 7.36. The van der Waals surface area contributed by atoms with E-state index in [-0.39, 0.29) is 12.1 Å². The lowest BCUT2D eigenvalue weighted by molar-refractivity contribution is -0.0163. The molecule has 5 heteroatoms. The highest BCUT2D eigenvalue weighted by Crippen LogP contribution is 2.24. The minimum Gasteiger partial charge on any atom is -0.459 e. The molecule has 0 radical (unpaired) electrons. The normalized spacial score (nSPS) is 19.4. The Labute approximate surface area is 167 Å². The van der Waals surface area contributed by atoms with Crippen molar-refractivity contribution in [1.82, 2.24) is 9.97 Å². The van der Waals surface area contributed by atoms with E-state index in [1.807, 2.05) is 31.5 Å². The number of rotatable bonds is 8. The predicted molar refractivity (Wildman–Crippen MR) is 109 cm³/mol. The third kappa shape index (κ3) is 5.61. The fraction of sp³-hybridized carbons (Fsp3) is 0.522. The van der Waals surface area contributed by atoms with Crippen LogP contribution in [0.2, 0.25) is 0 Å². The van der Waals surface area contributed by atoms with Crippen molar-refractivity contribution in [2.45, 2.75) is 71.0 Å². The van der Waals surface area contributed by atoms with Crippen LogP contribution in [0.5, 0.6) is 0 Å². The molecular formula is C23H30N2O3. The minimum atomic E-state index is -0.262. The van der Waals surface area contributed by atoms with Crippen LogP contribution in [0.1, 0.15) is 68.3 Å². The van der Waals surface area contributed by atoms with Crippen molar-refractivity contribution in [3.05, 3.63) is 47.8 Å². The van der Waals surface area contributed by atoms with Gasteiger partial charge in [0.25, 0.3) is 0 Å². The minimum absolute atomic E-state index is 0.0112. The molecule has 150 valence electrons. The van der Waals surface area contributed by atoms with Gasteiger partial charge in [0.05, 0.1) is 11.7 Å². The summed E-state index contributed by atoms with van der Waals surface area (Å²) in [6, 6.07) is 7.34. The summed E-state index contributed by atoms with van der Waals surface area (Å²) >= 11 is 0. The van der Waals surface area contributed by atoms with Gasteiger partial charge in [0, 0.05) is 24.6 Å². The highest BCUT2D eigenvalue weighted by molar-refractivity contribution is 5.90. The molecule has 0 aliphatic heterocycles. The van der Waals surface area contributed by atoms with E-state index >= 15 is 0 Å². The van der Waals surface area contributed by atoms with Crippen molar-refractivity contribution in [3.63, 3.8) is 0 Å². The van der Waals surface area contributed by atoms with Crippen LogP contribution in [-0.2, 0) is 15.9 Å². The van der Waals surface area contributed by atoms with E-state index in [0.717, 1.165) is 62.7 Å². The molecule has 0 atom stereocenters. The Hall–Kier alpha value is -2.27. The molecular weight excluding hydrogens is 352 g/mol. The van der Waals surface area contributed by atoms with Crippen LogP contribution in [0.3, 0.4) is 0 Å². The summed E-state index contributed by atoms with van der Waals surface area (Å²) in [7, 11) is 0. The maximum atomic E-state index is 12.4. The SMILES string of the molecule is CCCCc1cnc(-c2ccc(C(=O)OC3CCC(OCC)CC3)cc2)nc1. The van der Waals surface area contributed by atoms with Gasteiger partial charge >= 0.3 is 5.97 Å². The predicted octanol–water partition coefficient (Wildman–Crippen LogP) is 4.99. The number of esters is 1. The summed E-state index contributed by atoms with van der Waals surface area (Å²) in [5.74, 6) is 0.414. The maximum absolute atomic E-state index is 12.4. The fourth-order valence-electron chi connectivity index (χ4n) is 3.54. The first kappa shape index (κ1) is 20.5. The van der Waals surface area contributed by atoms with Crippen molar-refractivity contribution >= 4 is 5.97 Å². The Bertz CT molecular complexity index is 735. The van der Waals surface area contributed by atoms with Gasteiger partial charge in [-0.1, -0.05) is 25.5 Å². The first-order chi connectivity index (χ1) is 13.7. The average molecular weight is 383 g/mol. The van der Waals surface area contributed by atoms with Crippen LogP contribution in [-0.4, -0.2) is 34.8 Å². The number of hydrogen-bond donors (Lipinski definition) is 0. The van der Waals surface area contributed by atoms with E-state index in [0.29, 0.717) is 17.5 Å². The molecule has 0 saturated heterocycles. The number of aromatic nitrogens is 2. The first-order valence-electron chi connectivity index (χ1n) is 10.4. The summed E-state index contributed by atoms with van der Waals surface area (Å²) < 4.78 is 11.3. The van der Waals surface area contributed by atoms with Crippen molar-refractivity contribution in [2.24, 2.45) is 0 Å². The summed E-state index contributed by atoms with van der Waals surface area (Å²) in [6.07, 6.45) is 11.0. The molecule has 2 aromatic rings. The van der Waals surface area contributed by atoms with Gasteiger partial charge in [0.15, 0.2) is 5.82 Å². The van der Waals surface area contributed by atoms with Crippen LogP contribution < -0.4 is 0 Å². The van der Waals surface area contributed by atoms with Gasteiger partial charge in [-0.3, -0.25) is 0 Å². The maximum Gasteiger partial charge on any atom is 0.338 e. The van der Waals surface area contributed by atoms with E-state index in [4.69, 9.17) is 9.47 Å². The number of ether oxygens (including phenoxy) is 2. The van der Waals surface area contributed by atoms with Crippen LogP contribution in [0.4, 0.5) is 0 Å². The standard InChI is InChI=1S/C23H30N2O3/c1-3-5-6-17-15-24-22(25-16-17)18-7-9-19(10-8-18)23(26)28-21-13-11-20(12-14-21)27-4-2/h7-10,15-16,20-21H,3-6,11-14H2,1-2H3. The zero-order valence-electron chi connectivity index (χ0n) is 16.9. The number of nitrogens with zero attached hydrogens (tertiary/aromatic N) is 2. The number of hydrogen-bond acceptors (Lipinski definition) is 5. The molecule has 3 rings (SSSR count). The third-order valence-corrected chi connectivity index (χ3v) is 5.20. The molecule has 1 heterocycles. The zero-order chi connectivity index (χ0) is 19.8. The summed E-state index contributed by atoms with van der Waals surface area (Å²) in [5, 5.41) is 0. The molecule has 5 nitrogen and oxygen atoms in total. The Balaban J connectivity index is 1.54. The Morgan fingerprint density at radius 2 is 1.64 bits per heavy atom. The number of carbonyl (C=O) groups excluding carboxylic acids is 1. The lowest BCUT2D eigenvalue weighted by Crippen LogP contribution is -2.28. The van der Waals surface area contributed by atoms with Crippen molar-refractivity contribution in [3.8, 4) is 11.4 Å². The number of carbonyl (C=O) groups is 1.